The maximum Gasteiger partial charge on any atom is 0.329 e. The number of benzene rings is 2. The Balaban J connectivity index is 2.36. The number of aromatic hydroxyl groups is 1. The summed E-state index contributed by atoms with van der Waals surface area (Å²) in [5.74, 6) is -0.0428. The molecule has 10 heteroatoms. The van der Waals surface area contributed by atoms with Crippen LogP contribution in [-0.4, -0.2) is 51.6 Å². The fourth-order valence-corrected chi connectivity index (χ4v) is 7.25. The van der Waals surface area contributed by atoms with E-state index in [1.54, 1.807) is 61.5 Å². The predicted octanol–water partition coefficient (Wildman–Crippen LogP) is 6.45. The van der Waals surface area contributed by atoms with Crippen molar-refractivity contribution in [1.29, 1.82) is 0 Å². The number of hydrogen-bond acceptors (Lipinski definition) is 9. The molecule has 0 bridgehead atoms. The molecule has 4 N–H and O–H groups in total. The highest BCUT2D eigenvalue weighted by atomic mass is 31.2. The molecular formula is C33H52N2O7P+. The number of carbonyl (C=O) groups is 2. The van der Waals surface area contributed by atoms with Crippen LogP contribution in [0.2, 0.25) is 0 Å². The molecule has 0 radical (unpaired) electrons. The van der Waals surface area contributed by atoms with Crippen molar-refractivity contribution in [3.63, 3.8) is 0 Å². The maximum absolute atomic E-state index is 12.9. The van der Waals surface area contributed by atoms with Gasteiger partial charge in [0.1, 0.15) is 22.6 Å². The Labute approximate surface area is 258 Å². The zero-order valence-electron chi connectivity index (χ0n) is 27.9. The van der Waals surface area contributed by atoms with Gasteiger partial charge in [0.05, 0.1) is 12.2 Å². The van der Waals surface area contributed by atoms with Gasteiger partial charge in [-0.05, 0) is 128 Å². The first-order valence-electron chi connectivity index (χ1n) is 14.8. The fraction of sp³-hybridized carbons (Fsp3) is 0.576. The van der Waals surface area contributed by atoms with Crippen LogP contribution in [0.1, 0.15) is 103 Å². The number of phenols is 1. The summed E-state index contributed by atoms with van der Waals surface area (Å²) in [5, 5.41) is 16.3. The molecular weight excluding hydrogens is 567 g/mol. The van der Waals surface area contributed by atoms with E-state index in [-0.39, 0.29) is 24.5 Å². The first kappa shape index (κ1) is 36.5. The van der Waals surface area contributed by atoms with Crippen molar-refractivity contribution in [3.8, 4) is 11.5 Å². The molecule has 0 aromatic heterocycles. The molecule has 0 unspecified atom stereocenters. The average molecular weight is 620 g/mol. The number of aryl methyl sites for hydroxylation is 2. The van der Waals surface area contributed by atoms with Gasteiger partial charge >= 0.3 is 19.7 Å². The highest BCUT2D eigenvalue weighted by Gasteiger charge is 2.52. The molecule has 240 valence electrons. The van der Waals surface area contributed by atoms with Crippen LogP contribution in [0.3, 0.4) is 0 Å². The largest absolute Gasteiger partial charge is 0.508 e. The molecule has 0 aliphatic rings. The fourth-order valence-electron chi connectivity index (χ4n) is 4.70. The van der Waals surface area contributed by atoms with Crippen molar-refractivity contribution < 1.29 is 33.8 Å². The molecule has 2 aromatic carbocycles. The summed E-state index contributed by atoms with van der Waals surface area (Å²) >= 11 is 0. The summed E-state index contributed by atoms with van der Waals surface area (Å²) in [6.45, 7) is 21.6. The Morgan fingerprint density at radius 1 is 0.837 bits per heavy atom. The third-order valence-electron chi connectivity index (χ3n) is 6.82. The second kappa shape index (κ2) is 14.4. The minimum Gasteiger partial charge on any atom is -0.508 e. The molecule has 9 nitrogen and oxygen atoms in total. The smallest absolute Gasteiger partial charge is 0.329 e. The van der Waals surface area contributed by atoms with E-state index in [2.05, 4.69) is 24.0 Å². The predicted molar refractivity (Wildman–Crippen MR) is 172 cm³/mol. The van der Waals surface area contributed by atoms with Gasteiger partial charge in [0.15, 0.2) is 0 Å². The van der Waals surface area contributed by atoms with E-state index in [4.69, 9.17) is 14.2 Å². The van der Waals surface area contributed by atoms with Crippen molar-refractivity contribution in [3.05, 3.63) is 58.1 Å². The van der Waals surface area contributed by atoms with Crippen molar-refractivity contribution in [2.45, 2.75) is 119 Å². The van der Waals surface area contributed by atoms with Crippen LogP contribution in [0.25, 0.3) is 0 Å². The lowest BCUT2D eigenvalue weighted by atomic mass is 9.93. The number of ether oxygens (including phenoxy) is 3. The lowest BCUT2D eigenvalue weighted by molar-refractivity contribution is -0.153. The second-order valence-corrected chi connectivity index (χ2v) is 15.4. The van der Waals surface area contributed by atoms with Gasteiger partial charge in [-0.15, -0.1) is 10.2 Å². The summed E-state index contributed by atoms with van der Waals surface area (Å²) < 4.78 is 17.0. The summed E-state index contributed by atoms with van der Waals surface area (Å²) in [6.07, 6.45) is -0.233. The van der Waals surface area contributed by atoms with Gasteiger partial charge < -0.3 is 19.3 Å². The number of carbonyl (C=O) groups excluding carboxylic acids is 2. The van der Waals surface area contributed by atoms with Crippen LogP contribution in [-0.2, 0) is 25.5 Å². The third-order valence-corrected chi connectivity index (χ3v) is 9.18. The number of nitrogens with one attached hydrogen (secondary N) is 2. The molecule has 0 heterocycles. The Hall–Kier alpha value is -2.71. The van der Waals surface area contributed by atoms with E-state index < -0.39 is 30.8 Å². The topological polar surface area (TPSA) is 126 Å². The first-order chi connectivity index (χ1) is 19.7. The third kappa shape index (κ3) is 10.5. The summed E-state index contributed by atoms with van der Waals surface area (Å²) in [7, 11) is -3.54. The van der Waals surface area contributed by atoms with E-state index in [0.717, 1.165) is 27.8 Å². The van der Waals surface area contributed by atoms with Crippen molar-refractivity contribution in [2.24, 2.45) is 0 Å². The molecule has 2 rings (SSSR count). The van der Waals surface area contributed by atoms with Crippen LogP contribution in [0, 0.1) is 13.8 Å². The van der Waals surface area contributed by atoms with Gasteiger partial charge in [0, 0.05) is 0 Å². The number of phenolic OH excluding ortho intramolecular Hbond substituents is 1. The SMILES string of the molecule is Cc1cc(OC[P+](O)(NC(C)(C)C(=O)OC(C)C)NC(C)(C)C(=O)OC(C)C)cc(C)c1Cc1ccc(O)c(C(C)C)c1. The van der Waals surface area contributed by atoms with Gasteiger partial charge in [-0.3, -0.25) is 0 Å². The molecule has 0 aliphatic carbocycles. The number of hydrogen-bond donors (Lipinski definition) is 4. The van der Waals surface area contributed by atoms with Gasteiger partial charge in [0.2, 0.25) is 0 Å². The molecule has 0 atom stereocenters. The molecule has 2 aromatic rings. The molecule has 0 saturated carbocycles. The quantitative estimate of drug-likeness (QED) is 0.139. The average Bonchev–Trinajstić information content (AvgIpc) is 2.84. The summed E-state index contributed by atoms with van der Waals surface area (Å²) in [4.78, 5) is 37.7. The zero-order chi connectivity index (χ0) is 32.9. The molecule has 0 fully saturated rings. The van der Waals surface area contributed by atoms with Crippen molar-refractivity contribution in [1.82, 2.24) is 10.2 Å². The van der Waals surface area contributed by atoms with Crippen molar-refractivity contribution in [2.75, 3.05) is 6.35 Å². The van der Waals surface area contributed by atoms with Gasteiger partial charge in [-0.25, -0.2) is 14.5 Å². The van der Waals surface area contributed by atoms with Gasteiger partial charge in [-0.2, -0.15) is 0 Å². The molecule has 0 saturated heterocycles. The van der Waals surface area contributed by atoms with E-state index in [9.17, 15) is 19.6 Å². The van der Waals surface area contributed by atoms with Crippen LogP contribution in [0.4, 0.5) is 0 Å². The highest BCUT2D eigenvalue weighted by Crippen LogP contribution is 2.50. The first-order valence-corrected chi connectivity index (χ1v) is 16.7. The summed E-state index contributed by atoms with van der Waals surface area (Å²) in [6, 6.07) is 9.54. The van der Waals surface area contributed by atoms with Crippen LogP contribution < -0.4 is 14.9 Å². The lowest BCUT2D eigenvalue weighted by Crippen LogP contribution is -2.56. The van der Waals surface area contributed by atoms with Crippen LogP contribution in [0.15, 0.2) is 30.3 Å². The molecule has 43 heavy (non-hydrogen) atoms. The van der Waals surface area contributed by atoms with E-state index in [1.165, 1.54) is 0 Å². The second-order valence-electron chi connectivity index (χ2n) is 13.2. The Morgan fingerprint density at radius 2 is 1.30 bits per heavy atom. The standard InChI is InChI=1S/C33H51N2O7P/c1-20(2)27-17-25(13-14-29(27)36)18-28-23(7)15-26(16-24(28)8)40-19-43(39,34-32(9,10)30(37)41-21(3)4)35-33(11,12)31(38)42-22(5)6/h13-17,20-22,34-35,39H,18-19H2,1-12H3/p+1. The molecule has 0 spiro atoms. The Bertz CT molecular complexity index is 1230. The van der Waals surface area contributed by atoms with Crippen LogP contribution in [0.5, 0.6) is 11.5 Å². The Morgan fingerprint density at radius 3 is 1.72 bits per heavy atom. The van der Waals surface area contributed by atoms with E-state index >= 15 is 0 Å². The minimum atomic E-state index is -3.54. The normalized spacial score (nSPS) is 12.7. The summed E-state index contributed by atoms with van der Waals surface area (Å²) in [5.41, 5.74) is 2.59. The Kier molecular flexibility index (Phi) is 12.2. The maximum atomic E-state index is 12.9. The van der Waals surface area contributed by atoms with Crippen molar-refractivity contribution >= 4 is 19.7 Å². The zero-order valence-corrected chi connectivity index (χ0v) is 28.8. The van der Waals surface area contributed by atoms with Gasteiger partial charge in [0.25, 0.3) is 6.35 Å². The molecule has 0 aliphatic heterocycles. The highest BCUT2D eigenvalue weighted by molar-refractivity contribution is 7.66. The lowest BCUT2D eigenvalue weighted by Gasteiger charge is -2.34. The van der Waals surface area contributed by atoms with Gasteiger partial charge in [-0.1, -0.05) is 26.0 Å². The minimum absolute atomic E-state index is 0.205. The number of esters is 2. The number of rotatable bonds is 14. The van der Waals surface area contributed by atoms with E-state index in [0.29, 0.717) is 17.9 Å². The monoisotopic (exact) mass is 619 g/mol. The molecule has 0 amide bonds. The van der Waals surface area contributed by atoms with E-state index in [1.807, 2.05) is 38.1 Å². The van der Waals surface area contributed by atoms with Crippen LogP contribution >= 0.6 is 7.79 Å².